The lowest BCUT2D eigenvalue weighted by atomic mass is 10.1. The second kappa shape index (κ2) is 12.0. The number of ether oxygens (including phenoxy) is 1. The molecule has 3 rings (SSSR count). The largest absolute Gasteiger partial charge is 0.495 e. The highest BCUT2D eigenvalue weighted by atomic mass is 35.5. The van der Waals surface area contributed by atoms with Gasteiger partial charge in [0.1, 0.15) is 18.3 Å². The predicted octanol–water partition coefficient (Wildman–Crippen LogP) is 3.90. The number of halogens is 1. The first kappa shape index (κ1) is 27.8. The van der Waals surface area contributed by atoms with Crippen molar-refractivity contribution >= 4 is 39.1 Å². The Balaban J connectivity index is 1.90. The van der Waals surface area contributed by atoms with Crippen LogP contribution in [-0.2, 0) is 26.2 Å². The molecule has 1 atom stereocenters. The maximum absolute atomic E-state index is 13.6. The number of sulfonamides is 1. The molecule has 0 aromatic heterocycles. The van der Waals surface area contributed by atoms with Gasteiger partial charge in [-0.3, -0.25) is 13.9 Å². The summed E-state index contributed by atoms with van der Waals surface area (Å²) in [6, 6.07) is 11.5. The zero-order chi connectivity index (χ0) is 26.5. The molecule has 1 aliphatic rings. The van der Waals surface area contributed by atoms with Crippen molar-refractivity contribution in [3.8, 4) is 5.75 Å². The van der Waals surface area contributed by atoms with Crippen molar-refractivity contribution in [3.05, 3.63) is 58.6 Å². The third kappa shape index (κ3) is 7.13. The molecule has 0 radical (unpaired) electrons. The highest BCUT2D eigenvalue weighted by Crippen LogP contribution is 2.30. The summed E-state index contributed by atoms with van der Waals surface area (Å²) in [5.74, 6) is -0.359. The molecule has 2 amide bonds. The third-order valence-corrected chi connectivity index (χ3v) is 7.84. The van der Waals surface area contributed by atoms with Gasteiger partial charge in [0.25, 0.3) is 0 Å². The van der Waals surface area contributed by atoms with Gasteiger partial charge in [0.05, 0.1) is 24.1 Å². The van der Waals surface area contributed by atoms with E-state index in [1.54, 1.807) is 13.0 Å². The molecule has 1 unspecified atom stereocenters. The summed E-state index contributed by atoms with van der Waals surface area (Å²) >= 11 is 6.22. The van der Waals surface area contributed by atoms with E-state index in [2.05, 4.69) is 5.32 Å². The smallest absolute Gasteiger partial charge is 0.244 e. The van der Waals surface area contributed by atoms with Crippen LogP contribution in [0.5, 0.6) is 5.75 Å². The molecule has 36 heavy (non-hydrogen) atoms. The molecule has 1 N–H and O–H groups in total. The van der Waals surface area contributed by atoms with E-state index in [4.69, 9.17) is 16.3 Å². The standard InChI is InChI=1S/C26H34ClN3O5S/c1-18-8-7-9-20(14-18)16-29(19(2)26(32)28-21-10-5-6-11-21)25(31)17-30(36(4,33)34)22-12-13-24(35-3)23(27)15-22/h7-9,12-15,19,21H,5-6,10-11,16-17H2,1-4H3,(H,28,32). The van der Waals surface area contributed by atoms with Crippen molar-refractivity contribution in [2.45, 2.75) is 58.2 Å². The van der Waals surface area contributed by atoms with Crippen LogP contribution in [0.1, 0.15) is 43.7 Å². The predicted molar refractivity (Wildman–Crippen MR) is 142 cm³/mol. The second-order valence-electron chi connectivity index (χ2n) is 9.27. The molecule has 0 heterocycles. The SMILES string of the molecule is COc1ccc(N(CC(=O)N(Cc2cccc(C)c2)C(C)C(=O)NC2CCCC2)S(C)(=O)=O)cc1Cl. The number of carbonyl (C=O) groups is 2. The van der Waals surface area contributed by atoms with Gasteiger partial charge >= 0.3 is 0 Å². The molecule has 0 aliphatic heterocycles. The number of nitrogens with zero attached hydrogens (tertiary/aromatic N) is 2. The van der Waals surface area contributed by atoms with Crippen LogP contribution in [0.25, 0.3) is 0 Å². The van der Waals surface area contributed by atoms with Gasteiger partial charge in [-0.05, 0) is 50.5 Å². The fourth-order valence-corrected chi connectivity index (χ4v) is 5.50. The number of rotatable bonds is 10. The molecule has 10 heteroatoms. The summed E-state index contributed by atoms with van der Waals surface area (Å²) in [5, 5.41) is 3.27. The molecule has 2 aromatic rings. The summed E-state index contributed by atoms with van der Waals surface area (Å²) < 4.78 is 31.5. The summed E-state index contributed by atoms with van der Waals surface area (Å²) in [7, 11) is -2.38. The Bertz CT molecular complexity index is 1200. The van der Waals surface area contributed by atoms with E-state index in [9.17, 15) is 18.0 Å². The van der Waals surface area contributed by atoms with Crippen LogP contribution in [0.2, 0.25) is 5.02 Å². The Morgan fingerprint density at radius 3 is 2.44 bits per heavy atom. The van der Waals surface area contributed by atoms with Crippen molar-refractivity contribution in [1.82, 2.24) is 10.2 Å². The second-order valence-corrected chi connectivity index (χ2v) is 11.6. The monoisotopic (exact) mass is 535 g/mol. The number of hydrogen-bond acceptors (Lipinski definition) is 5. The van der Waals surface area contributed by atoms with Gasteiger partial charge in [-0.15, -0.1) is 0 Å². The molecule has 1 fully saturated rings. The molecule has 0 bridgehead atoms. The van der Waals surface area contributed by atoms with Gasteiger partial charge in [0.15, 0.2) is 0 Å². The number of carbonyl (C=O) groups excluding carboxylic acids is 2. The Hall–Kier alpha value is -2.78. The van der Waals surface area contributed by atoms with Crippen LogP contribution in [-0.4, -0.2) is 57.1 Å². The number of amides is 2. The molecular weight excluding hydrogens is 502 g/mol. The molecule has 196 valence electrons. The van der Waals surface area contributed by atoms with Gasteiger partial charge < -0.3 is 15.0 Å². The van der Waals surface area contributed by atoms with Crippen LogP contribution in [0, 0.1) is 6.92 Å². The highest BCUT2D eigenvalue weighted by molar-refractivity contribution is 7.92. The first-order valence-corrected chi connectivity index (χ1v) is 14.2. The van der Waals surface area contributed by atoms with E-state index >= 15 is 0 Å². The number of methoxy groups -OCH3 is 1. The zero-order valence-corrected chi connectivity index (χ0v) is 22.7. The molecule has 8 nitrogen and oxygen atoms in total. The minimum absolute atomic E-state index is 0.102. The van der Waals surface area contributed by atoms with Crippen molar-refractivity contribution in [3.63, 3.8) is 0 Å². The lowest BCUT2D eigenvalue weighted by Crippen LogP contribution is -2.52. The zero-order valence-electron chi connectivity index (χ0n) is 21.2. The number of aryl methyl sites for hydroxylation is 1. The van der Waals surface area contributed by atoms with Gasteiger partial charge in [0.2, 0.25) is 21.8 Å². The third-order valence-electron chi connectivity index (χ3n) is 6.41. The van der Waals surface area contributed by atoms with Crippen LogP contribution in [0.3, 0.4) is 0 Å². The minimum Gasteiger partial charge on any atom is -0.495 e. The molecule has 0 saturated heterocycles. The van der Waals surface area contributed by atoms with E-state index < -0.39 is 28.5 Å². The summed E-state index contributed by atoms with van der Waals surface area (Å²) in [4.78, 5) is 28.2. The van der Waals surface area contributed by atoms with E-state index in [1.807, 2.05) is 31.2 Å². The summed E-state index contributed by atoms with van der Waals surface area (Å²) in [6.07, 6.45) is 5.01. The lowest BCUT2D eigenvalue weighted by Gasteiger charge is -2.32. The van der Waals surface area contributed by atoms with Crippen LogP contribution in [0.15, 0.2) is 42.5 Å². The van der Waals surface area contributed by atoms with Gasteiger partial charge in [-0.1, -0.05) is 54.3 Å². The van der Waals surface area contributed by atoms with Crippen LogP contribution in [0.4, 0.5) is 5.69 Å². The summed E-state index contributed by atoms with van der Waals surface area (Å²) in [6.45, 7) is 3.31. The van der Waals surface area contributed by atoms with Gasteiger partial charge in [-0.25, -0.2) is 8.42 Å². The molecular formula is C26H34ClN3O5S. The number of hydrogen-bond donors (Lipinski definition) is 1. The van der Waals surface area contributed by atoms with E-state index in [-0.39, 0.29) is 29.2 Å². The number of benzene rings is 2. The van der Waals surface area contributed by atoms with Crippen molar-refractivity contribution in [2.24, 2.45) is 0 Å². The minimum atomic E-state index is -3.84. The molecule has 1 saturated carbocycles. The van der Waals surface area contributed by atoms with E-state index in [0.717, 1.165) is 47.4 Å². The fraction of sp³-hybridized carbons (Fsp3) is 0.462. The van der Waals surface area contributed by atoms with Crippen LogP contribution < -0.4 is 14.4 Å². The van der Waals surface area contributed by atoms with Gasteiger partial charge in [-0.2, -0.15) is 0 Å². The Labute approximate surface area is 218 Å². The topological polar surface area (TPSA) is 96.0 Å². The summed E-state index contributed by atoms with van der Waals surface area (Å²) in [5.41, 5.74) is 2.10. The average molecular weight is 536 g/mol. The van der Waals surface area contributed by atoms with Crippen molar-refractivity contribution in [1.29, 1.82) is 0 Å². The van der Waals surface area contributed by atoms with Crippen molar-refractivity contribution < 1.29 is 22.7 Å². The fourth-order valence-electron chi connectivity index (χ4n) is 4.41. The Kier molecular flexibility index (Phi) is 9.24. The quantitative estimate of drug-likeness (QED) is 0.498. The van der Waals surface area contributed by atoms with Gasteiger partial charge in [0, 0.05) is 12.6 Å². The van der Waals surface area contributed by atoms with Crippen LogP contribution >= 0.6 is 11.6 Å². The highest BCUT2D eigenvalue weighted by Gasteiger charge is 2.31. The molecule has 2 aromatic carbocycles. The maximum atomic E-state index is 13.6. The number of nitrogens with one attached hydrogen (secondary N) is 1. The lowest BCUT2D eigenvalue weighted by molar-refractivity contribution is -0.139. The van der Waals surface area contributed by atoms with E-state index in [0.29, 0.717) is 5.75 Å². The van der Waals surface area contributed by atoms with E-state index in [1.165, 1.54) is 24.1 Å². The van der Waals surface area contributed by atoms with Crippen molar-refractivity contribution in [2.75, 3.05) is 24.2 Å². The Morgan fingerprint density at radius 1 is 1.17 bits per heavy atom. The average Bonchev–Trinajstić information content (AvgIpc) is 3.32. The first-order valence-electron chi connectivity index (χ1n) is 12.0. The molecule has 1 aliphatic carbocycles. The number of anilines is 1. The Morgan fingerprint density at radius 2 is 1.86 bits per heavy atom. The molecule has 0 spiro atoms. The maximum Gasteiger partial charge on any atom is 0.244 e. The normalized spacial score (nSPS) is 14.8. The first-order chi connectivity index (χ1) is 17.0.